The Hall–Kier alpha value is -3.55. The van der Waals surface area contributed by atoms with Crippen LogP contribution in [0.1, 0.15) is 92.5 Å². The molecule has 0 amide bonds. The maximum atomic E-state index is 11.2. The zero-order valence-electron chi connectivity index (χ0n) is 32.0. The molecule has 4 saturated carbocycles. The summed E-state index contributed by atoms with van der Waals surface area (Å²) in [5.41, 5.74) is 25.6. The van der Waals surface area contributed by atoms with E-state index in [0.717, 1.165) is 101 Å². The molecule has 0 spiro atoms. The van der Waals surface area contributed by atoms with Crippen molar-refractivity contribution in [2.75, 3.05) is 11.5 Å². The Morgan fingerprint density at radius 1 is 0.759 bits per heavy atom. The standard InChI is InChI=1S/C42H41IN10OS4/c1-52-18-48-37-29(52)12-21(16-46-37)27-14-25(19-6-7-19)32-34(44)36(55-40(32)49-27)43-57-31-11-10-24(31)39-51-38-30(53(39)2)13-22(17-47-38)28-15-26(20-8-9-20)33-35(45)42(56-41(33)50-28)58(54)23-4-3-5-23/h12-20,23-24,31,54H,3-11,44-45H2,1-2H3. The van der Waals surface area contributed by atoms with E-state index in [1.807, 2.05) is 30.3 Å². The van der Waals surface area contributed by atoms with Gasteiger partial charge in [0.1, 0.15) is 5.69 Å². The topological polar surface area (TPSA) is 159 Å². The third-order valence-electron chi connectivity index (χ3n) is 12.7. The number of thiophene rings is 2. The Kier molecular flexibility index (Phi) is 8.60. The van der Waals surface area contributed by atoms with Gasteiger partial charge in [0.15, 0.2) is 16.4 Å². The van der Waals surface area contributed by atoms with Crippen molar-refractivity contribution in [3.63, 3.8) is 0 Å². The van der Waals surface area contributed by atoms with Crippen LogP contribution in [-0.2, 0) is 25.3 Å². The molecule has 16 heteroatoms. The van der Waals surface area contributed by atoms with Crippen LogP contribution in [0, 0.1) is 2.88 Å². The summed E-state index contributed by atoms with van der Waals surface area (Å²) in [5, 5.41) is 3.06. The molecule has 12 rings (SSSR count). The molecule has 0 radical (unpaired) electrons. The van der Waals surface area contributed by atoms with Gasteiger partial charge in [-0.1, -0.05) is 0 Å². The third-order valence-corrected chi connectivity index (χ3v) is 24.4. The molecule has 8 aromatic rings. The molecular weight excluding hydrogens is 916 g/mol. The molecule has 8 heterocycles. The molecule has 4 fully saturated rings. The van der Waals surface area contributed by atoms with Crippen LogP contribution >= 0.6 is 31.6 Å². The molecule has 11 nitrogen and oxygen atoms in total. The van der Waals surface area contributed by atoms with Gasteiger partial charge in [-0.25, -0.2) is 0 Å². The number of imidazole rings is 2. The number of rotatable bonds is 10. The van der Waals surface area contributed by atoms with Gasteiger partial charge in [-0.2, -0.15) is 4.55 Å². The van der Waals surface area contributed by atoms with Gasteiger partial charge in [0.25, 0.3) is 4.21 Å². The first-order valence-electron chi connectivity index (χ1n) is 20.1. The normalized spacial score (nSPS) is 20.5. The average Bonchev–Trinajstić information content (AvgIpc) is 4.12. The Morgan fingerprint density at radius 3 is 2.05 bits per heavy atom. The van der Waals surface area contributed by atoms with Crippen LogP contribution in [0.4, 0.5) is 11.4 Å². The van der Waals surface area contributed by atoms with Gasteiger partial charge in [0.05, 0.1) is 0 Å². The number of anilines is 2. The Bertz CT molecular complexity index is 2980. The van der Waals surface area contributed by atoms with Crippen molar-refractivity contribution in [2.24, 2.45) is 14.1 Å². The molecule has 5 N–H and O–H groups in total. The molecular formula is C42H41IN10OS4. The number of hydrogen-bond donors (Lipinski definition) is 3. The van der Waals surface area contributed by atoms with Gasteiger partial charge >= 0.3 is 293 Å². The van der Waals surface area contributed by atoms with Crippen molar-refractivity contribution in [1.29, 1.82) is 0 Å². The minimum atomic E-state index is -0.822. The molecule has 8 aromatic heterocycles. The first-order chi connectivity index (χ1) is 28.3. The Balaban J connectivity index is 0.816. The van der Waals surface area contributed by atoms with Crippen LogP contribution in [0.3, 0.4) is 0 Å². The zero-order valence-corrected chi connectivity index (χ0v) is 37.4. The summed E-state index contributed by atoms with van der Waals surface area (Å²) in [6.45, 7) is 0. The fraction of sp³-hybridized carbons (Fsp3) is 0.381. The third kappa shape index (κ3) is 5.90. The van der Waals surface area contributed by atoms with Gasteiger partial charge in [-0.3, -0.25) is 0 Å². The predicted octanol–water partition coefficient (Wildman–Crippen LogP) is 6.58. The summed E-state index contributed by atoms with van der Waals surface area (Å²) in [6, 6.07) is 8.86. The van der Waals surface area contributed by atoms with E-state index in [0.29, 0.717) is 28.3 Å². The molecule has 4 aliphatic rings. The van der Waals surface area contributed by atoms with E-state index >= 15 is 0 Å². The molecule has 0 aliphatic heterocycles. The number of halogens is 1. The predicted molar refractivity (Wildman–Crippen MR) is 235 cm³/mol. The average molecular weight is 957 g/mol. The van der Waals surface area contributed by atoms with Gasteiger partial charge in [0, 0.05) is 0 Å². The summed E-state index contributed by atoms with van der Waals surface area (Å²) in [7, 11) is 6.25. The first kappa shape index (κ1) is 36.3. The number of nitrogens with two attached hydrogens (primary N) is 2. The monoisotopic (exact) mass is 956 g/mol. The van der Waals surface area contributed by atoms with Crippen molar-refractivity contribution >= 4 is 96.9 Å². The molecule has 0 bridgehead atoms. The van der Waals surface area contributed by atoms with E-state index in [1.165, 1.54) is 57.9 Å². The summed E-state index contributed by atoms with van der Waals surface area (Å²) in [5.74, 6) is 2.53. The molecule has 0 aromatic carbocycles. The second-order valence-corrected chi connectivity index (χ2v) is 26.0. The molecule has 3 atom stereocenters. The van der Waals surface area contributed by atoms with Gasteiger partial charge in [-0.05, 0) is 32.1 Å². The van der Waals surface area contributed by atoms with E-state index in [4.69, 9.17) is 31.4 Å². The van der Waals surface area contributed by atoms with Crippen molar-refractivity contribution in [3.8, 4) is 22.5 Å². The molecule has 4 aliphatic carbocycles. The number of hydrogen-bond acceptors (Lipinski definition) is 12. The van der Waals surface area contributed by atoms with E-state index in [9.17, 15) is 4.55 Å². The summed E-state index contributed by atoms with van der Waals surface area (Å²) in [6.07, 6.45) is 16.0. The second kappa shape index (κ2) is 13.7. The number of nitrogen functional groups attached to an aromatic ring is 2. The van der Waals surface area contributed by atoms with Crippen molar-refractivity contribution in [2.45, 2.75) is 90.3 Å². The number of aromatic nitrogens is 8. The Morgan fingerprint density at radius 2 is 1.41 bits per heavy atom. The zero-order chi connectivity index (χ0) is 39.0. The number of nitrogens with zero attached hydrogens (tertiary/aromatic N) is 8. The van der Waals surface area contributed by atoms with Gasteiger partial charge in [-0.15, -0.1) is 0 Å². The fourth-order valence-corrected chi connectivity index (χ4v) is 20.4. The quantitative estimate of drug-likeness (QED) is 0.101. The molecule has 0 saturated heterocycles. The van der Waals surface area contributed by atoms with Gasteiger partial charge < -0.3 is 5.73 Å². The minimum absolute atomic E-state index is 0.332. The second-order valence-electron chi connectivity index (χ2n) is 16.5. The maximum absolute atomic E-state index is 11.2. The summed E-state index contributed by atoms with van der Waals surface area (Å²) >= 11 is 2.17. The SMILES string of the molecule is Cn1cnc2ncc(-c3cc(C4CC4)c4c(N)c([I-]SC5CCC5c5nc6ncc(-c7cc(C8CC8)c8c(N)c([S+](O)C9CCC9)sc8n7)cc6n5C)sc4n3)cc21. The number of fused-ring (bicyclic) bond motifs is 4. The first-order valence-corrected chi connectivity index (χ1v) is 27.4. The number of pyridine rings is 4. The van der Waals surface area contributed by atoms with E-state index in [-0.39, 0.29) is 0 Å². The van der Waals surface area contributed by atoms with E-state index < -0.39 is 31.0 Å². The van der Waals surface area contributed by atoms with Crippen LogP contribution in [0.15, 0.2) is 47.2 Å². The van der Waals surface area contributed by atoms with E-state index in [2.05, 4.69) is 54.8 Å². The fourth-order valence-electron chi connectivity index (χ4n) is 8.61. The van der Waals surface area contributed by atoms with Crippen LogP contribution in [-0.4, -0.2) is 54.1 Å². The van der Waals surface area contributed by atoms with Crippen LogP contribution in [0.2, 0.25) is 0 Å². The van der Waals surface area contributed by atoms with Crippen molar-refractivity contribution in [3.05, 3.63) is 62.8 Å². The summed E-state index contributed by atoms with van der Waals surface area (Å²) in [4.78, 5) is 31.4. The van der Waals surface area contributed by atoms with Gasteiger partial charge in [0.2, 0.25) is 0 Å². The molecule has 3 unspecified atom stereocenters. The van der Waals surface area contributed by atoms with Crippen molar-refractivity contribution in [1.82, 2.24) is 39.0 Å². The van der Waals surface area contributed by atoms with Crippen LogP contribution in [0.5, 0.6) is 0 Å². The van der Waals surface area contributed by atoms with E-state index in [1.54, 1.807) is 22.7 Å². The number of aryl methyl sites for hydroxylation is 2. The summed E-state index contributed by atoms with van der Waals surface area (Å²) < 4.78 is 17.7. The van der Waals surface area contributed by atoms with Crippen LogP contribution in [0.25, 0.3) is 65.3 Å². The molecule has 296 valence electrons. The molecule has 58 heavy (non-hydrogen) atoms. The van der Waals surface area contributed by atoms with Crippen LogP contribution < -0.4 is 31.3 Å². The Labute approximate surface area is 358 Å². The van der Waals surface area contributed by atoms with Crippen molar-refractivity contribution < 1.29 is 24.4 Å².